The van der Waals surface area contributed by atoms with Crippen molar-refractivity contribution in [1.82, 2.24) is 9.88 Å². The summed E-state index contributed by atoms with van der Waals surface area (Å²) in [4.78, 5) is 23.9. The number of hydrogen-bond acceptors (Lipinski definition) is 3. The van der Waals surface area contributed by atoms with Crippen LogP contribution in [0.15, 0.2) is 33.5 Å². The Morgan fingerprint density at radius 3 is 2.82 bits per heavy atom. The molecule has 1 amide bonds. The van der Waals surface area contributed by atoms with E-state index < -0.39 is 5.76 Å². The summed E-state index contributed by atoms with van der Waals surface area (Å²) in [7, 11) is 0. The lowest BCUT2D eigenvalue weighted by Crippen LogP contribution is -2.34. The number of oxazole rings is 1. The number of nitrogens with zero attached hydrogens (tertiary/aromatic N) is 1. The molecule has 5 heteroatoms. The normalized spacial score (nSPS) is 12.5. The molecule has 0 saturated heterocycles. The predicted molar refractivity (Wildman–Crippen MR) is 86.8 cm³/mol. The van der Waals surface area contributed by atoms with Gasteiger partial charge in [-0.15, -0.1) is 0 Å². The minimum Gasteiger partial charge on any atom is -0.408 e. The SMILES string of the molecule is CCCC[C@H](CC)CNC(=O)Cn1c(=O)oc2ccccc21. The van der Waals surface area contributed by atoms with Crippen LogP contribution in [-0.2, 0) is 11.3 Å². The largest absolute Gasteiger partial charge is 0.420 e. The molecule has 0 aliphatic heterocycles. The first-order chi connectivity index (χ1) is 10.7. The van der Waals surface area contributed by atoms with Gasteiger partial charge in [-0.25, -0.2) is 4.79 Å². The molecule has 1 aromatic heterocycles. The minimum absolute atomic E-state index is 0.0000583. The van der Waals surface area contributed by atoms with Crippen molar-refractivity contribution in [3.63, 3.8) is 0 Å². The van der Waals surface area contributed by atoms with E-state index in [1.807, 2.05) is 6.07 Å². The molecule has 0 aliphatic rings. The van der Waals surface area contributed by atoms with Crippen molar-refractivity contribution in [2.24, 2.45) is 5.92 Å². The number of carbonyl (C=O) groups excluding carboxylic acids is 1. The first-order valence-corrected chi connectivity index (χ1v) is 8.00. The van der Waals surface area contributed by atoms with Crippen LogP contribution in [0.5, 0.6) is 0 Å². The Morgan fingerprint density at radius 1 is 1.32 bits per heavy atom. The fourth-order valence-electron chi connectivity index (χ4n) is 2.56. The molecule has 1 N–H and O–H groups in total. The van der Waals surface area contributed by atoms with Gasteiger partial charge in [0.15, 0.2) is 5.58 Å². The van der Waals surface area contributed by atoms with Crippen molar-refractivity contribution in [1.29, 1.82) is 0 Å². The fraction of sp³-hybridized carbons (Fsp3) is 0.529. The third-order valence-corrected chi connectivity index (χ3v) is 4.01. The maximum Gasteiger partial charge on any atom is 0.420 e. The highest BCUT2D eigenvalue weighted by Gasteiger charge is 2.13. The second-order valence-electron chi connectivity index (χ2n) is 5.64. The van der Waals surface area contributed by atoms with Gasteiger partial charge in [-0.2, -0.15) is 0 Å². The zero-order valence-electron chi connectivity index (χ0n) is 13.3. The van der Waals surface area contributed by atoms with Crippen molar-refractivity contribution in [2.75, 3.05) is 6.54 Å². The Bertz CT molecular complexity index is 672. The number of rotatable bonds is 8. The lowest BCUT2D eigenvalue weighted by molar-refractivity contribution is -0.121. The van der Waals surface area contributed by atoms with E-state index in [1.54, 1.807) is 18.2 Å². The average Bonchev–Trinajstić information content (AvgIpc) is 2.83. The number of para-hydroxylation sites is 2. The molecule has 1 aromatic carbocycles. The number of amides is 1. The van der Waals surface area contributed by atoms with Gasteiger partial charge in [-0.05, 0) is 24.5 Å². The molecule has 1 heterocycles. The maximum absolute atomic E-state index is 12.1. The van der Waals surface area contributed by atoms with E-state index in [0.29, 0.717) is 23.6 Å². The van der Waals surface area contributed by atoms with Gasteiger partial charge in [0.1, 0.15) is 6.54 Å². The third kappa shape index (κ3) is 4.00. The van der Waals surface area contributed by atoms with E-state index >= 15 is 0 Å². The number of fused-ring (bicyclic) bond motifs is 1. The minimum atomic E-state index is -0.491. The molecule has 2 rings (SSSR count). The van der Waals surface area contributed by atoms with Gasteiger partial charge >= 0.3 is 5.76 Å². The molecule has 0 saturated carbocycles. The first kappa shape index (κ1) is 16.3. The highest BCUT2D eigenvalue weighted by atomic mass is 16.4. The Kier molecular flexibility index (Phi) is 5.81. The van der Waals surface area contributed by atoms with Crippen LogP contribution in [0.1, 0.15) is 39.5 Å². The van der Waals surface area contributed by atoms with Gasteiger partial charge in [0, 0.05) is 6.54 Å². The molecule has 0 unspecified atom stereocenters. The number of nitrogens with one attached hydrogen (secondary N) is 1. The van der Waals surface area contributed by atoms with E-state index in [4.69, 9.17) is 4.42 Å². The molecule has 0 bridgehead atoms. The summed E-state index contributed by atoms with van der Waals surface area (Å²) in [6, 6.07) is 7.13. The highest BCUT2D eigenvalue weighted by molar-refractivity contribution is 5.79. The second-order valence-corrected chi connectivity index (χ2v) is 5.64. The van der Waals surface area contributed by atoms with E-state index in [2.05, 4.69) is 19.2 Å². The van der Waals surface area contributed by atoms with E-state index in [1.165, 1.54) is 17.4 Å². The third-order valence-electron chi connectivity index (χ3n) is 4.01. The van der Waals surface area contributed by atoms with Gasteiger partial charge in [0.25, 0.3) is 0 Å². The fourth-order valence-corrected chi connectivity index (χ4v) is 2.56. The number of unbranched alkanes of at least 4 members (excludes halogenated alkanes) is 1. The molecule has 0 fully saturated rings. The summed E-state index contributed by atoms with van der Waals surface area (Å²) in [5, 5.41) is 2.93. The zero-order valence-corrected chi connectivity index (χ0v) is 13.3. The van der Waals surface area contributed by atoms with Crippen LogP contribution in [0.25, 0.3) is 11.1 Å². The molecule has 22 heavy (non-hydrogen) atoms. The van der Waals surface area contributed by atoms with Crippen LogP contribution in [0, 0.1) is 5.92 Å². The van der Waals surface area contributed by atoms with Gasteiger partial charge in [-0.1, -0.05) is 45.2 Å². The van der Waals surface area contributed by atoms with Crippen LogP contribution in [0.4, 0.5) is 0 Å². The Hall–Kier alpha value is -2.04. The summed E-state index contributed by atoms with van der Waals surface area (Å²) in [6.45, 7) is 4.97. The van der Waals surface area contributed by atoms with Gasteiger partial charge in [0.05, 0.1) is 5.52 Å². The zero-order chi connectivity index (χ0) is 15.9. The van der Waals surface area contributed by atoms with Gasteiger partial charge < -0.3 is 9.73 Å². The standard InChI is InChI=1S/C17H24N2O3/c1-3-5-8-13(4-2)11-18-16(20)12-19-14-9-6-7-10-15(14)22-17(19)21/h6-7,9-10,13H,3-5,8,11-12H2,1-2H3,(H,18,20)/t13-/m0/s1. The highest BCUT2D eigenvalue weighted by Crippen LogP contribution is 2.12. The molecule has 2 aromatic rings. The topological polar surface area (TPSA) is 64.2 Å². The molecule has 0 radical (unpaired) electrons. The molecule has 120 valence electrons. The van der Waals surface area contributed by atoms with Gasteiger partial charge in [0.2, 0.25) is 5.91 Å². The van der Waals surface area contributed by atoms with E-state index in [0.717, 1.165) is 12.8 Å². The van der Waals surface area contributed by atoms with Crippen molar-refractivity contribution in [2.45, 2.75) is 46.1 Å². The summed E-state index contributed by atoms with van der Waals surface area (Å²) in [5.41, 5.74) is 1.16. The molecule has 5 nitrogen and oxygen atoms in total. The quantitative estimate of drug-likeness (QED) is 0.815. The van der Waals surface area contributed by atoms with E-state index in [-0.39, 0.29) is 12.5 Å². The van der Waals surface area contributed by atoms with Crippen molar-refractivity contribution >= 4 is 17.0 Å². The average molecular weight is 304 g/mol. The smallest absolute Gasteiger partial charge is 0.408 e. The molecular formula is C17H24N2O3. The molecule has 0 spiro atoms. The lowest BCUT2D eigenvalue weighted by Gasteiger charge is -2.15. The number of benzene rings is 1. The Labute approximate surface area is 130 Å². The van der Waals surface area contributed by atoms with Crippen LogP contribution >= 0.6 is 0 Å². The summed E-state index contributed by atoms with van der Waals surface area (Å²) >= 11 is 0. The lowest BCUT2D eigenvalue weighted by atomic mass is 9.99. The first-order valence-electron chi connectivity index (χ1n) is 8.00. The summed E-state index contributed by atoms with van der Waals surface area (Å²) in [6.07, 6.45) is 4.53. The van der Waals surface area contributed by atoms with Crippen LogP contribution in [0.3, 0.4) is 0 Å². The van der Waals surface area contributed by atoms with Crippen LogP contribution < -0.4 is 11.1 Å². The number of aromatic nitrogens is 1. The summed E-state index contributed by atoms with van der Waals surface area (Å²) in [5.74, 6) is -0.139. The Balaban J connectivity index is 1.96. The second kappa shape index (κ2) is 7.82. The predicted octanol–water partition coefficient (Wildman–Crippen LogP) is 2.93. The molecule has 0 aliphatic carbocycles. The molecular weight excluding hydrogens is 280 g/mol. The molecule has 1 atom stereocenters. The Morgan fingerprint density at radius 2 is 2.09 bits per heavy atom. The van der Waals surface area contributed by atoms with Gasteiger partial charge in [-0.3, -0.25) is 9.36 Å². The monoisotopic (exact) mass is 304 g/mol. The van der Waals surface area contributed by atoms with Crippen molar-refractivity contribution < 1.29 is 9.21 Å². The van der Waals surface area contributed by atoms with Crippen molar-refractivity contribution in [3.8, 4) is 0 Å². The van der Waals surface area contributed by atoms with E-state index in [9.17, 15) is 9.59 Å². The number of hydrogen-bond donors (Lipinski definition) is 1. The van der Waals surface area contributed by atoms with Crippen LogP contribution in [-0.4, -0.2) is 17.0 Å². The van der Waals surface area contributed by atoms with Crippen LogP contribution in [0.2, 0.25) is 0 Å². The van der Waals surface area contributed by atoms with Crippen molar-refractivity contribution in [3.05, 3.63) is 34.8 Å². The number of carbonyl (C=O) groups is 1. The maximum atomic E-state index is 12.1. The summed E-state index contributed by atoms with van der Waals surface area (Å²) < 4.78 is 6.50.